The maximum atomic E-state index is 11.6. The third-order valence-electron chi connectivity index (χ3n) is 3.72. The zero-order chi connectivity index (χ0) is 16.7. The molecule has 0 atom stereocenters. The number of rotatable bonds is 15. The zero-order valence-electron chi connectivity index (χ0n) is 14.0. The van der Waals surface area contributed by atoms with Crippen LogP contribution >= 0.6 is 0 Å². The van der Waals surface area contributed by atoms with E-state index in [2.05, 4.69) is 4.74 Å². The van der Waals surface area contributed by atoms with E-state index in [1.165, 1.54) is 52.1 Å². The molecule has 0 radical (unpaired) electrons. The molecule has 0 fully saturated rings. The summed E-state index contributed by atoms with van der Waals surface area (Å²) in [5, 5.41) is 0. The minimum absolute atomic E-state index is 0.0866. The number of ether oxygens (including phenoxy) is 1. The normalized spacial score (nSPS) is 11.5. The van der Waals surface area contributed by atoms with E-state index >= 15 is 0 Å². The second kappa shape index (κ2) is 14.0. The maximum absolute atomic E-state index is 11.6. The highest BCUT2D eigenvalue weighted by Crippen LogP contribution is 2.11. The van der Waals surface area contributed by atoms with Crippen LogP contribution in [-0.4, -0.2) is 39.5 Å². The number of esters is 1. The molecule has 0 aliphatic carbocycles. The van der Waals surface area contributed by atoms with Crippen molar-refractivity contribution in [2.24, 2.45) is 5.73 Å². The second-order valence-corrected chi connectivity index (χ2v) is 8.03. The van der Waals surface area contributed by atoms with Crippen LogP contribution in [0.25, 0.3) is 0 Å². The number of carbonyl (C=O) groups excluding carboxylic acids is 1. The van der Waals surface area contributed by atoms with Gasteiger partial charge in [-0.05, 0) is 19.4 Å². The minimum atomic E-state index is -3.29. The SMILES string of the molecule is COC(=O)CS(=O)(=O)CCCCCCCCCCCCCN. The molecule has 0 saturated heterocycles. The Kier molecular flexibility index (Phi) is 13.6. The molecule has 0 aromatic heterocycles. The van der Waals surface area contributed by atoms with Gasteiger partial charge in [0.2, 0.25) is 0 Å². The fraction of sp³-hybridized carbons (Fsp3) is 0.938. The van der Waals surface area contributed by atoms with Crippen molar-refractivity contribution in [1.29, 1.82) is 0 Å². The van der Waals surface area contributed by atoms with Crippen molar-refractivity contribution in [3.63, 3.8) is 0 Å². The molecule has 6 heteroatoms. The lowest BCUT2D eigenvalue weighted by Crippen LogP contribution is -2.19. The standard InChI is InChI=1S/C16H33NO4S/c1-21-16(18)15-22(19,20)14-12-10-8-6-4-2-3-5-7-9-11-13-17/h2-15,17H2,1H3. The molecule has 0 aliphatic rings. The molecule has 2 N–H and O–H groups in total. The first-order valence-corrected chi connectivity index (χ1v) is 10.3. The Labute approximate surface area is 135 Å². The predicted molar refractivity (Wildman–Crippen MR) is 90.5 cm³/mol. The van der Waals surface area contributed by atoms with Crippen LogP contribution in [0.5, 0.6) is 0 Å². The van der Waals surface area contributed by atoms with Crippen LogP contribution in [0.15, 0.2) is 0 Å². The highest BCUT2D eigenvalue weighted by Gasteiger charge is 2.16. The summed E-state index contributed by atoms with van der Waals surface area (Å²) in [4.78, 5) is 10.9. The van der Waals surface area contributed by atoms with Crippen molar-refractivity contribution >= 4 is 15.8 Å². The van der Waals surface area contributed by atoms with Crippen LogP contribution in [0, 0.1) is 0 Å². The van der Waals surface area contributed by atoms with Gasteiger partial charge in [0.25, 0.3) is 0 Å². The minimum Gasteiger partial charge on any atom is -0.468 e. The third kappa shape index (κ3) is 14.3. The van der Waals surface area contributed by atoms with Gasteiger partial charge in [0.15, 0.2) is 9.84 Å². The van der Waals surface area contributed by atoms with E-state index < -0.39 is 21.6 Å². The van der Waals surface area contributed by atoms with E-state index in [1.54, 1.807) is 0 Å². The number of sulfone groups is 1. The van der Waals surface area contributed by atoms with E-state index in [1.807, 2.05) is 0 Å². The average molecular weight is 336 g/mol. The van der Waals surface area contributed by atoms with Crippen LogP contribution in [0.2, 0.25) is 0 Å². The summed E-state index contributed by atoms with van der Waals surface area (Å²) in [7, 11) is -2.08. The van der Waals surface area contributed by atoms with Crippen molar-refractivity contribution in [1.82, 2.24) is 0 Å². The molecular weight excluding hydrogens is 302 g/mol. The largest absolute Gasteiger partial charge is 0.468 e. The van der Waals surface area contributed by atoms with Crippen LogP contribution in [-0.2, 0) is 19.4 Å². The van der Waals surface area contributed by atoms with Crippen molar-refractivity contribution in [3.05, 3.63) is 0 Å². The van der Waals surface area contributed by atoms with Crippen LogP contribution in [0.3, 0.4) is 0 Å². The fourth-order valence-corrected chi connectivity index (χ4v) is 3.63. The molecule has 0 aliphatic heterocycles. The zero-order valence-corrected chi connectivity index (χ0v) is 14.8. The van der Waals surface area contributed by atoms with Gasteiger partial charge in [-0.3, -0.25) is 4.79 Å². The van der Waals surface area contributed by atoms with Crippen molar-refractivity contribution < 1.29 is 17.9 Å². The summed E-state index contributed by atoms with van der Waals surface area (Å²) < 4.78 is 27.5. The first-order chi connectivity index (χ1) is 10.5. The highest BCUT2D eigenvalue weighted by molar-refractivity contribution is 7.92. The van der Waals surface area contributed by atoms with E-state index in [9.17, 15) is 13.2 Å². The quantitative estimate of drug-likeness (QED) is 0.367. The first-order valence-electron chi connectivity index (χ1n) is 8.49. The predicted octanol–water partition coefficient (Wildman–Crippen LogP) is 2.82. The smallest absolute Gasteiger partial charge is 0.320 e. The molecule has 22 heavy (non-hydrogen) atoms. The van der Waals surface area contributed by atoms with Crippen molar-refractivity contribution in [3.8, 4) is 0 Å². The Balaban J connectivity index is 3.34. The number of methoxy groups -OCH3 is 1. The molecule has 132 valence electrons. The van der Waals surface area contributed by atoms with E-state index in [-0.39, 0.29) is 5.75 Å². The molecule has 0 unspecified atom stereocenters. The van der Waals surface area contributed by atoms with Crippen LogP contribution < -0.4 is 5.73 Å². The molecule has 0 rings (SSSR count). The van der Waals surface area contributed by atoms with Gasteiger partial charge in [-0.25, -0.2) is 8.42 Å². The molecule has 0 saturated carbocycles. The summed E-state index contributed by atoms with van der Waals surface area (Å²) in [5.74, 6) is -1.08. The second-order valence-electron chi connectivity index (χ2n) is 5.85. The summed E-state index contributed by atoms with van der Waals surface area (Å²) in [6, 6.07) is 0. The van der Waals surface area contributed by atoms with E-state index in [0.29, 0.717) is 6.42 Å². The number of nitrogens with two attached hydrogens (primary N) is 1. The number of hydrogen-bond acceptors (Lipinski definition) is 5. The van der Waals surface area contributed by atoms with Crippen molar-refractivity contribution in [2.75, 3.05) is 25.2 Å². The Morgan fingerprint density at radius 3 is 1.64 bits per heavy atom. The molecule has 0 spiro atoms. The van der Waals surface area contributed by atoms with Gasteiger partial charge >= 0.3 is 5.97 Å². The summed E-state index contributed by atoms with van der Waals surface area (Å²) in [6.07, 6.45) is 12.5. The number of unbranched alkanes of at least 4 members (excludes halogenated alkanes) is 10. The molecule has 0 aromatic rings. The summed E-state index contributed by atoms with van der Waals surface area (Å²) in [6.45, 7) is 0.801. The number of carbonyl (C=O) groups is 1. The third-order valence-corrected chi connectivity index (χ3v) is 5.31. The Morgan fingerprint density at radius 1 is 0.818 bits per heavy atom. The topological polar surface area (TPSA) is 86.5 Å². The van der Waals surface area contributed by atoms with Gasteiger partial charge in [0, 0.05) is 0 Å². The molecular formula is C16H33NO4S. The van der Waals surface area contributed by atoms with E-state index in [0.717, 1.165) is 25.8 Å². The average Bonchev–Trinajstić information content (AvgIpc) is 2.47. The molecule has 0 amide bonds. The van der Waals surface area contributed by atoms with Crippen molar-refractivity contribution in [2.45, 2.75) is 70.6 Å². The van der Waals surface area contributed by atoms with E-state index in [4.69, 9.17) is 5.73 Å². The lowest BCUT2D eigenvalue weighted by Gasteiger charge is -2.04. The fourth-order valence-electron chi connectivity index (χ4n) is 2.37. The summed E-state index contributed by atoms with van der Waals surface area (Å²) >= 11 is 0. The van der Waals surface area contributed by atoms with Crippen LogP contribution in [0.4, 0.5) is 0 Å². The van der Waals surface area contributed by atoms with Gasteiger partial charge in [-0.1, -0.05) is 57.8 Å². The first kappa shape index (κ1) is 21.4. The maximum Gasteiger partial charge on any atom is 0.320 e. The van der Waals surface area contributed by atoms with Gasteiger partial charge in [0.1, 0.15) is 5.75 Å². The highest BCUT2D eigenvalue weighted by atomic mass is 32.2. The monoisotopic (exact) mass is 335 g/mol. The van der Waals surface area contributed by atoms with Gasteiger partial charge < -0.3 is 10.5 Å². The van der Waals surface area contributed by atoms with Gasteiger partial charge in [0.05, 0.1) is 12.9 Å². The lowest BCUT2D eigenvalue weighted by molar-refractivity contribution is -0.137. The Morgan fingerprint density at radius 2 is 1.23 bits per heavy atom. The van der Waals surface area contributed by atoms with Gasteiger partial charge in [-0.15, -0.1) is 0 Å². The molecule has 0 aromatic carbocycles. The Hall–Kier alpha value is -0.620. The van der Waals surface area contributed by atoms with Gasteiger partial charge in [-0.2, -0.15) is 0 Å². The Bertz CT molecular complexity index is 368. The molecule has 0 bridgehead atoms. The lowest BCUT2D eigenvalue weighted by atomic mass is 10.1. The number of hydrogen-bond donors (Lipinski definition) is 1. The van der Waals surface area contributed by atoms with Crippen LogP contribution in [0.1, 0.15) is 70.6 Å². The molecule has 0 heterocycles. The summed E-state index contributed by atoms with van der Waals surface area (Å²) in [5.41, 5.74) is 5.45. The molecule has 5 nitrogen and oxygen atoms in total.